The Bertz CT molecular complexity index is 1360. The number of aliphatic hydroxyl groups excluding tert-OH is 4. The number of rotatable bonds is 10. The van der Waals surface area contributed by atoms with Crippen LogP contribution in [-0.2, 0) is 38.0 Å². The summed E-state index contributed by atoms with van der Waals surface area (Å²) in [5, 5.41) is 56.6. The number of carbonyl (C=O) groups excluding carboxylic acids is 1. The molecule has 5 N–H and O–H groups in total. The molecule has 0 aromatic rings. The monoisotopic (exact) mass is 782 g/mol. The van der Waals surface area contributed by atoms with Crippen LogP contribution in [0, 0.1) is 35.5 Å². The van der Waals surface area contributed by atoms with Crippen LogP contribution in [0.3, 0.4) is 0 Å². The van der Waals surface area contributed by atoms with Crippen molar-refractivity contribution in [2.24, 2.45) is 35.5 Å². The molecular weight excluding hydrogens is 712 g/mol. The molecule has 12 unspecified atom stereocenters. The first-order chi connectivity index (χ1) is 25.7. The first-order valence-electron chi connectivity index (χ1n) is 19.7. The number of allylic oxidation sites excluding steroid dienone is 5. The summed E-state index contributed by atoms with van der Waals surface area (Å²) >= 11 is 0. The summed E-state index contributed by atoms with van der Waals surface area (Å²) in [6, 6.07) is 0. The van der Waals surface area contributed by atoms with Crippen LogP contribution in [-0.4, -0.2) is 126 Å². The molecule has 0 aromatic heterocycles. The Morgan fingerprint density at radius 3 is 2.16 bits per heavy atom. The Hall–Kier alpha value is -2.17. The smallest absolute Gasteiger partial charge is 0.373 e. The van der Waals surface area contributed by atoms with Crippen molar-refractivity contribution in [3.05, 3.63) is 47.3 Å². The lowest BCUT2D eigenvalue weighted by atomic mass is 9.76. The van der Waals surface area contributed by atoms with Gasteiger partial charge < -0.3 is 58.7 Å². The van der Waals surface area contributed by atoms with Crippen LogP contribution in [0.15, 0.2) is 47.3 Å². The van der Waals surface area contributed by atoms with Crippen LogP contribution in [0.5, 0.6) is 0 Å². The average Bonchev–Trinajstić information content (AvgIpc) is 3.13. The van der Waals surface area contributed by atoms with Gasteiger partial charge in [0.2, 0.25) is 5.76 Å². The number of hydrogen-bond acceptors (Lipinski definition) is 13. The molecule has 0 aliphatic carbocycles. The molecule has 3 aliphatic rings. The van der Waals surface area contributed by atoms with Gasteiger partial charge in [0.25, 0.3) is 0 Å². The van der Waals surface area contributed by atoms with Crippen molar-refractivity contribution in [3.8, 4) is 0 Å². The minimum absolute atomic E-state index is 0.0363. The van der Waals surface area contributed by atoms with Gasteiger partial charge in [-0.15, -0.1) is 0 Å². The van der Waals surface area contributed by atoms with E-state index in [9.17, 15) is 30.3 Å². The van der Waals surface area contributed by atoms with Gasteiger partial charge in [-0.3, -0.25) is 0 Å². The topological polar surface area (TPSA) is 183 Å². The predicted octanol–water partition coefficient (Wildman–Crippen LogP) is 4.20. The molecule has 3 aliphatic heterocycles. The van der Waals surface area contributed by atoms with Gasteiger partial charge >= 0.3 is 5.97 Å². The largest absolute Gasteiger partial charge is 0.490 e. The third-order valence-corrected chi connectivity index (χ3v) is 11.8. The lowest BCUT2D eigenvalue weighted by Gasteiger charge is -2.51. The van der Waals surface area contributed by atoms with E-state index in [0.717, 1.165) is 5.57 Å². The van der Waals surface area contributed by atoms with Crippen LogP contribution in [0.1, 0.15) is 82.1 Å². The van der Waals surface area contributed by atoms with Crippen molar-refractivity contribution < 1.29 is 63.5 Å². The Kier molecular flexibility index (Phi) is 17.6. The Labute approximate surface area is 328 Å². The fraction of sp³-hybridized carbons (Fsp3) is 0.786. The molecule has 0 aromatic carbocycles. The van der Waals surface area contributed by atoms with Gasteiger partial charge in [-0.1, -0.05) is 83.9 Å². The summed E-state index contributed by atoms with van der Waals surface area (Å²) in [5.41, 5.74) is 1.73. The molecule has 17 atom stereocenters. The number of aliphatic hydroxyl groups is 5. The van der Waals surface area contributed by atoms with Crippen LogP contribution in [0.4, 0.5) is 0 Å². The second kappa shape index (κ2) is 20.5. The fourth-order valence-corrected chi connectivity index (χ4v) is 8.23. The van der Waals surface area contributed by atoms with Gasteiger partial charge in [0, 0.05) is 44.3 Å². The van der Waals surface area contributed by atoms with Crippen LogP contribution in [0.2, 0.25) is 0 Å². The zero-order valence-corrected chi connectivity index (χ0v) is 35.1. The third-order valence-electron chi connectivity index (χ3n) is 11.8. The molecule has 13 nitrogen and oxygen atoms in total. The number of methoxy groups -OCH3 is 3. The first-order valence-corrected chi connectivity index (χ1v) is 19.7. The molecule has 2 fully saturated rings. The van der Waals surface area contributed by atoms with Crippen molar-refractivity contribution in [2.45, 2.75) is 155 Å². The van der Waals surface area contributed by atoms with E-state index in [1.165, 1.54) is 21.3 Å². The van der Waals surface area contributed by atoms with Crippen LogP contribution >= 0.6 is 0 Å². The summed E-state index contributed by atoms with van der Waals surface area (Å²) in [6.45, 7) is 18.6. The zero-order chi connectivity index (χ0) is 41.5. The SMILES string of the molecule is CO/C1=C/C(C)=C\C(C)C(O)C(C)C/C(C)=C\C=C/C(OC)C(C(C)C(O)C(C)C2(O)CC(O[C@@H]3O[C@@H](C)[C@H](O)[C@@H](O)[C@H]3OC)C(C)C(C(C)C)O2)OC1=O. The maximum atomic E-state index is 13.8. The summed E-state index contributed by atoms with van der Waals surface area (Å²) in [6.07, 6.45) is -0.670. The van der Waals surface area contributed by atoms with Crippen molar-refractivity contribution in [2.75, 3.05) is 21.3 Å². The second-order valence-corrected chi connectivity index (χ2v) is 16.6. The minimum Gasteiger partial charge on any atom is -0.490 e. The average molecular weight is 783 g/mol. The molecule has 0 saturated carbocycles. The van der Waals surface area contributed by atoms with Crippen LogP contribution < -0.4 is 0 Å². The molecule has 0 radical (unpaired) electrons. The van der Waals surface area contributed by atoms with E-state index in [4.69, 9.17) is 33.2 Å². The van der Waals surface area contributed by atoms with Crippen molar-refractivity contribution in [1.82, 2.24) is 0 Å². The van der Waals surface area contributed by atoms with E-state index in [1.54, 1.807) is 32.9 Å². The zero-order valence-electron chi connectivity index (χ0n) is 35.1. The third kappa shape index (κ3) is 11.5. The lowest BCUT2D eigenvalue weighted by Crippen LogP contribution is -2.62. The Morgan fingerprint density at radius 2 is 1.58 bits per heavy atom. The summed E-state index contributed by atoms with van der Waals surface area (Å²) in [7, 11) is 4.25. The standard InChI is InChI=1S/C42H70O13/c1-21(2)37-26(7)32(53-41-39(51-13)36(46)35(45)29(10)52-41)20-42(48,55-37)28(9)34(44)27(8)38-30(49-11)16-14-15-22(3)17-24(5)33(43)25(6)18-23(4)19-31(50-12)40(47)54-38/h14-16,18-19,21,24-30,32-39,41,43-46,48H,17,20H2,1-13H3/b16-14-,22-15-,23-18-,31-19+/t24?,25?,26?,27?,28?,29-,30?,32?,33?,34?,35-,36+,37?,38?,39+,41-,42?/m0/s1. The molecule has 0 bridgehead atoms. The van der Waals surface area contributed by atoms with Crippen molar-refractivity contribution in [1.29, 1.82) is 0 Å². The highest BCUT2D eigenvalue weighted by Crippen LogP contribution is 2.43. The highest BCUT2D eigenvalue weighted by molar-refractivity contribution is 5.87. The summed E-state index contributed by atoms with van der Waals surface area (Å²) in [5.74, 6) is -5.08. The molecule has 3 heterocycles. The van der Waals surface area contributed by atoms with E-state index < -0.39 is 90.9 Å². The number of cyclic esters (lactones) is 1. The molecule has 3 rings (SSSR count). The Morgan fingerprint density at radius 1 is 0.927 bits per heavy atom. The molecular formula is C42H70O13. The molecule has 0 spiro atoms. The van der Waals surface area contributed by atoms with E-state index in [1.807, 2.05) is 66.7 Å². The molecule has 13 heteroatoms. The van der Waals surface area contributed by atoms with Crippen LogP contribution in [0.25, 0.3) is 0 Å². The van der Waals surface area contributed by atoms with Gasteiger partial charge in [0.05, 0.1) is 37.6 Å². The summed E-state index contributed by atoms with van der Waals surface area (Å²) < 4.78 is 41.8. The number of carbonyl (C=O) groups is 1. The van der Waals surface area contributed by atoms with Gasteiger partial charge in [-0.2, -0.15) is 0 Å². The van der Waals surface area contributed by atoms with Gasteiger partial charge in [-0.25, -0.2) is 4.79 Å². The van der Waals surface area contributed by atoms with E-state index in [-0.39, 0.29) is 35.9 Å². The highest BCUT2D eigenvalue weighted by Gasteiger charge is 2.54. The van der Waals surface area contributed by atoms with Crippen molar-refractivity contribution >= 4 is 5.97 Å². The lowest BCUT2D eigenvalue weighted by molar-refractivity contribution is -0.362. The quantitative estimate of drug-likeness (QED) is 0.199. The first kappa shape index (κ1) is 47.2. The number of hydrogen-bond donors (Lipinski definition) is 5. The summed E-state index contributed by atoms with van der Waals surface area (Å²) in [4.78, 5) is 13.8. The fourth-order valence-electron chi connectivity index (χ4n) is 8.23. The van der Waals surface area contributed by atoms with Gasteiger partial charge in [0.15, 0.2) is 12.1 Å². The van der Waals surface area contributed by atoms with Gasteiger partial charge in [-0.05, 0) is 45.1 Å². The number of ether oxygens (including phenoxy) is 7. The molecule has 316 valence electrons. The maximum absolute atomic E-state index is 13.8. The molecule has 2 saturated heterocycles. The maximum Gasteiger partial charge on any atom is 0.373 e. The van der Waals surface area contributed by atoms with E-state index in [2.05, 4.69) is 0 Å². The highest BCUT2D eigenvalue weighted by atomic mass is 16.7. The Balaban J connectivity index is 2.00. The second-order valence-electron chi connectivity index (χ2n) is 16.6. The van der Waals surface area contributed by atoms with E-state index in [0.29, 0.717) is 12.0 Å². The van der Waals surface area contributed by atoms with E-state index >= 15 is 0 Å². The number of esters is 1. The molecule has 55 heavy (non-hydrogen) atoms. The predicted molar refractivity (Wildman–Crippen MR) is 206 cm³/mol. The van der Waals surface area contributed by atoms with Gasteiger partial charge in [0.1, 0.15) is 30.5 Å². The normalized spacial score (nSPS) is 43.8. The molecule has 0 amide bonds. The minimum atomic E-state index is -1.92. The van der Waals surface area contributed by atoms with Crippen molar-refractivity contribution in [3.63, 3.8) is 0 Å².